The van der Waals surface area contributed by atoms with Crippen molar-refractivity contribution in [1.82, 2.24) is 5.32 Å². The molecule has 2 aliphatic rings. The number of benzene rings is 3. The third-order valence-electron chi connectivity index (χ3n) is 5.78. The number of methoxy groups -OCH3 is 1. The van der Waals surface area contributed by atoms with Gasteiger partial charge in [0.1, 0.15) is 12.2 Å². The molecule has 1 saturated heterocycles. The Kier molecular flexibility index (Phi) is 6.58. The van der Waals surface area contributed by atoms with E-state index in [9.17, 15) is 14.4 Å². The molecule has 9 nitrogen and oxygen atoms in total. The third-order valence-corrected chi connectivity index (χ3v) is 6.37. The number of imide groups is 2. The largest absolute Gasteiger partial charge is 0.493 e. The number of rotatable bonds is 6. The van der Waals surface area contributed by atoms with Crippen LogP contribution in [0, 0.1) is 6.92 Å². The Balaban J connectivity index is 1.43. The Morgan fingerprint density at radius 2 is 1.78 bits per heavy atom. The highest BCUT2D eigenvalue weighted by atomic mass is 79.9. The molecular weight excluding hydrogens is 544 g/mol. The highest BCUT2D eigenvalue weighted by Gasteiger charge is 2.37. The second-order valence-corrected chi connectivity index (χ2v) is 9.16. The number of hydrogen-bond donors (Lipinski definition) is 1. The second kappa shape index (κ2) is 9.98. The van der Waals surface area contributed by atoms with Crippen molar-refractivity contribution >= 4 is 45.5 Å². The zero-order valence-electron chi connectivity index (χ0n) is 19.9. The Hall–Kier alpha value is -4.31. The van der Waals surface area contributed by atoms with Gasteiger partial charge in [0.05, 0.1) is 17.3 Å². The smallest absolute Gasteiger partial charge is 0.335 e. The highest BCUT2D eigenvalue weighted by Crippen LogP contribution is 2.39. The number of carbonyl (C=O) groups excluding carboxylic acids is 3. The maximum absolute atomic E-state index is 13.3. The van der Waals surface area contributed by atoms with Crippen LogP contribution in [0.3, 0.4) is 0 Å². The van der Waals surface area contributed by atoms with E-state index in [0.29, 0.717) is 39.6 Å². The van der Waals surface area contributed by atoms with Crippen molar-refractivity contribution in [3.05, 3.63) is 81.3 Å². The molecule has 10 heteroatoms. The van der Waals surface area contributed by atoms with Crippen LogP contribution in [0.25, 0.3) is 6.08 Å². The molecule has 2 heterocycles. The number of amides is 4. The summed E-state index contributed by atoms with van der Waals surface area (Å²) in [6, 6.07) is 15.1. The van der Waals surface area contributed by atoms with Crippen LogP contribution in [0.15, 0.2) is 64.6 Å². The summed E-state index contributed by atoms with van der Waals surface area (Å²) in [6.45, 7) is 2.38. The van der Waals surface area contributed by atoms with Crippen LogP contribution in [0.1, 0.15) is 16.7 Å². The van der Waals surface area contributed by atoms with Gasteiger partial charge in [0, 0.05) is 6.07 Å². The minimum atomic E-state index is -0.857. The van der Waals surface area contributed by atoms with E-state index in [1.807, 2.05) is 31.2 Å². The maximum Gasteiger partial charge on any atom is 0.335 e. The average Bonchev–Trinajstić information content (AvgIpc) is 3.34. The topological polar surface area (TPSA) is 103 Å². The summed E-state index contributed by atoms with van der Waals surface area (Å²) in [6.07, 6.45) is 1.39. The molecular formula is C27H21BrN2O7. The van der Waals surface area contributed by atoms with Crippen LogP contribution in [0.2, 0.25) is 0 Å². The number of nitrogens with zero attached hydrogens (tertiary/aromatic N) is 1. The molecule has 4 amide bonds. The fraction of sp³-hybridized carbons (Fsp3) is 0.148. The van der Waals surface area contributed by atoms with Crippen LogP contribution >= 0.6 is 15.9 Å². The van der Waals surface area contributed by atoms with Crippen LogP contribution in [0.5, 0.6) is 23.0 Å². The van der Waals surface area contributed by atoms with Gasteiger partial charge in [0.2, 0.25) is 6.79 Å². The number of nitrogens with one attached hydrogen (secondary N) is 1. The fourth-order valence-electron chi connectivity index (χ4n) is 3.89. The van der Waals surface area contributed by atoms with Crippen molar-refractivity contribution in [3.63, 3.8) is 0 Å². The number of hydrogen-bond acceptors (Lipinski definition) is 7. The standard InChI is InChI=1S/C27H21BrN2O7/c1-15-3-5-16(6-4-15)13-35-24-20(28)10-17(11-23(24)34-2)9-19-25(31)29-27(33)30(26(19)32)18-7-8-21-22(12-18)37-14-36-21/h3-12H,13-14H2,1-2H3,(H,29,31,33)/b19-9+. The van der Waals surface area contributed by atoms with Crippen molar-refractivity contribution in [2.45, 2.75) is 13.5 Å². The monoisotopic (exact) mass is 564 g/mol. The average molecular weight is 565 g/mol. The van der Waals surface area contributed by atoms with Gasteiger partial charge in [-0.3, -0.25) is 14.9 Å². The first-order chi connectivity index (χ1) is 17.8. The number of fused-ring (bicyclic) bond motifs is 1. The zero-order chi connectivity index (χ0) is 26.1. The Labute approximate surface area is 220 Å². The lowest BCUT2D eigenvalue weighted by Gasteiger charge is -2.26. The minimum absolute atomic E-state index is 0.0456. The summed E-state index contributed by atoms with van der Waals surface area (Å²) in [4.78, 5) is 39.3. The van der Waals surface area contributed by atoms with E-state index in [0.717, 1.165) is 16.0 Å². The van der Waals surface area contributed by atoms with Crippen LogP contribution in [0.4, 0.5) is 10.5 Å². The molecule has 0 aromatic heterocycles. The quantitative estimate of drug-likeness (QED) is 0.340. The summed E-state index contributed by atoms with van der Waals surface area (Å²) in [7, 11) is 1.50. The molecule has 2 aliphatic heterocycles. The van der Waals surface area contributed by atoms with Crippen molar-refractivity contribution in [3.8, 4) is 23.0 Å². The first-order valence-electron chi connectivity index (χ1n) is 11.2. The number of urea groups is 1. The number of aryl methyl sites for hydroxylation is 1. The van der Waals surface area contributed by atoms with E-state index >= 15 is 0 Å². The first-order valence-corrected chi connectivity index (χ1v) is 12.0. The molecule has 3 aromatic rings. The van der Waals surface area contributed by atoms with Gasteiger partial charge in [-0.1, -0.05) is 29.8 Å². The van der Waals surface area contributed by atoms with Crippen molar-refractivity contribution < 1.29 is 33.3 Å². The molecule has 0 bridgehead atoms. The van der Waals surface area contributed by atoms with Gasteiger partial charge in [0.15, 0.2) is 23.0 Å². The van der Waals surface area contributed by atoms with Crippen molar-refractivity contribution in [1.29, 1.82) is 0 Å². The molecule has 1 N–H and O–H groups in total. The lowest BCUT2D eigenvalue weighted by atomic mass is 10.1. The van der Waals surface area contributed by atoms with Gasteiger partial charge in [-0.25, -0.2) is 9.69 Å². The van der Waals surface area contributed by atoms with Crippen molar-refractivity contribution in [2.75, 3.05) is 18.8 Å². The molecule has 5 rings (SSSR count). The number of barbiturate groups is 1. The molecule has 0 aliphatic carbocycles. The summed E-state index contributed by atoms with van der Waals surface area (Å²) >= 11 is 3.50. The lowest BCUT2D eigenvalue weighted by molar-refractivity contribution is -0.122. The molecule has 37 heavy (non-hydrogen) atoms. The van der Waals surface area contributed by atoms with Gasteiger partial charge < -0.3 is 18.9 Å². The summed E-state index contributed by atoms with van der Waals surface area (Å²) in [5, 5.41) is 2.21. The van der Waals surface area contributed by atoms with Crippen molar-refractivity contribution in [2.24, 2.45) is 0 Å². The molecule has 0 spiro atoms. The van der Waals surface area contributed by atoms with Gasteiger partial charge in [-0.2, -0.15) is 0 Å². The highest BCUT2D eigenvalue weighted by molar-refractivity contribution is 9.10. The molecule has 1 fully saturated rings. The number of anilines is 1. The normalized spacial score (nSPS) is 15.7. The van der Waals surface area contributed by atoms with E-state index < -0.39 is 17.8 Å². The molecule has 3 aromatic carbocycles. The molecule has 0 radical (unpaired) electrons. The summed E-state index contributed by atoms with van der Waals surface area (Å²) < 4.78 is 22.7. The van der Waals surface area contributed by atoms with E-state index in [2.05, 4.69) is 21.2 Å². The first kappa shape index (κ1) is 24.4. The predicted octanol–water partition coefficient (Wildman–Crippen LogP) is 4.74. The fourth-order valence-corrected chi connectivity index (χ4v) is 4.46. The number of ether oxygens (including phenoxy) is 4. The predicted molar refractivity (Wildman–Crippen MR) is 138 cm³/mol. The lowest BCUT2D eigenvalue weighted by Crippen LogP contribution is -2.54. The molecule has 0 unspecified atom stereocenters. The molecule has 0 saturated carbocycles. The van der Waals surface area contributed by atoms with E-state index in [1.54, 1.807) is 18.2 Å². The maximum atomic E-state index is 13.3. The second-order valence-electron chi connectivity index (χ2n) is 8.30. The van der Waals surface area contributed by atoms with E-state index in [-0.39, 0.29) is 18.1 Å². The van der Waals surface area contributed by atoms with Gasteiger partial charge in [0.25, 0.3) is 11.8 Å². The Morgan fingerprint density at radius 3 is 2.54 bits per heavy atom. The summed E-state index contributed by atoms with van der Waals surface area (Å²) in [5.74, 6) is 0.198. The Morgan fingerprint density at radius 1 is 1.03 bits per heavy atom. The van der Waals surface area contributed by atoms with E-state index in [4.69, 9.17) is 18.9 Å². The summed E-state index contributed by atoms with van der Waals surface area (Å²) in [5.41, 5.74) is 2.65. The third kappa shape index (κ3) is 4.88. The SMILES string of the molecule is COc1cc(/C=C2\C(=O)NC(=O)N(c3ccc4c(c3)OCO4)C2=O)cc(Br)c1OCc1ccc(C)cc1. The van der Waals surface area contributed by atoms with E-state index in [1.165, 1.54) is 25.3 Å². The van der Waals surface area contributed by atoms with Gasteiger partial charge >= 0.3 is 6.03 Å². The van der Waals surface area contributed by atoms with Gasteiger partial charge in [-0.05, 0) is 64.3 Å². The number of halogens is 1. The zero-order valence-corrected chi connectivity index (χ0v) is 21.5. The van der Waals surface area contributed by atoms with Crippen LogP contribution in [-0.4, -0.2) is 31.7 Å². The number of carbonyl (C=O) groups is 3. The van der Waals surface area contributed by atoms with Crippen LogP contribution in [-0.2, 0) is 16.2 Å². The molecule has 188 valence electrons. The minimum Gasteiger partial charge on any atom is -0.493 e. The van der Waals surface area contributed by atoms with Gasteiger partial charge in [-0.15, -0.1) is 0 Å². The Bertz CT molecular complexity index is 1450. The van der Waals surface area contributed by atoms with Crippen LogP contribution < -0.4 is 29.2 Å². The molecule has 0 atom stereocenters.